The Morgan fingerprint density at radius 2 is 1.15 bits per heavy atom. The molecule has 10 N–H and O–H groups in total. The third kappa shape index (κ3) is 19.0. The Morgan fingerprint density at radius 3 is 1.67 bits per heavy atom. The van der Waals surface area contributed by atoms with E-state index in [9.17, 15) is 50.5 Å². The summed E-state index contributed by atoms with van der Waals surface area (Å²) in [5, 5.41) is 33.9. The van der Waals surface area contributed by atoms with Crippen LogP contribution in [0.4, 0.5) is 67.4 Å². The molecule has 2 saturated heterocycles. The highest BCUT2D eigenvalue weighted by Gasteiger charge is 2.26. The van der Waals surface area contributed by atoms with Crippen LogP contribution < -0.4 is 57.0 Å². The van der Waals surface area contributed by atoms with E-state index in [4.69, 9.17) is 14.7 Å². The second kappa shape index (κ2) is 32.6. The van der Waals surface area contributed by atoms with Crippen LogP contribution in [0.2, 0.25) is 0 Å². The van der Waals surface area contributed by atoms with Gasteiger partial charge in [-0.1, -0.05) is 34.8 Å². The van der Waals surface area contributed by atoms with Crippen molar-refractivity contribution < 1.29 is 49.9 Å². The molecule has 2 amide bonds. The summed E-state index contributed by atoms with van der Waals surface area (Å²) in [6.45, 7) is 15.9. The van der Waals surface area contributed by atoms with E-state index in [0.717, 1.165) is 73.4 Å². The fourth-order valence-corrected chi connectivity index (χ4v) is 12.9. The summed E-state index contributed by atoms with van der Waals surface area (Å²) in [4.78, 5) is 76.6. The molecular weight excluding hydrogens is 1290 g/mol. The van der Waals surface area contributed by atoms with Crippen molar-refractivity contribution in [3.63, 3.8) is 0 Å². The van der Waals surface area contributed by atoms with E-state index in [1.54, 1.807) is 13.1 Å². The Labute approximate surface area is 554 Å². The second-order valence-electron chi connectivity index (χ2n) is 21.5. The molecule has 500 valence electrons. The van der Waals surface area contributed by atoms with Gasteiger partial charge in [0.25, 0.3) is 32.1 Å². The van der Waals surface area contributed by atoms with E-state index < -0.39 is 53.4 Å². The van der Waals surface area contributed by atoms with Crippen LogP contribution in [0.3, 0.4) is 0 Å². The van der Waals surface area contributed by atoms with Crippen LogP contribution in [-0.2, 0) is 44.2 Å². The van der Waals surface area contributed by atoms with Gasteiger partial charge < -0.3 is 50.9 Å². The number of hydrazine groups is 1. The maximum absolute atomic E-state index is 13.7. The first kappa shape index (κ1) is 70.7. The van der Waals surface area contributed by atoms with Gasteiger partial charge in [-0.15, -0.1) is 10.2 Å². The zero-order valence-electron chi connectivity index (χ0n) is 53.1. The average Bonchev–Trinajstić information content (AvgIpc) is 1.62. The highest BCUT2D eigenvalue weighted by atomic mass is 32.2. The van der Waals surface area contributed by atoms with Gasteiger partial charge in [0.2, 0.25) is 22.2 Å². The molecule has 0 saturated carbocycles. The number of anilines is 10. The lowest BCUT2D eigenvalue weighted by Gasteiger charge is -2.27. The normalized spacial score (nSPS) is 14.1. The zero-order valence-corrected chi connectivity index (χ0v) is 56.3. The highest BCUT2D eigenvalue weighted by Crippen LogP contribution is 2.39. The maximum Gasteiger partial charge on any atom is 0.294 e. The van der Waals surface area contributed by atoms with Gasteiger partial charge in [-0.25, -0.2) is 4.98 Å². The quantitative estimate of drug-likeness (QED) is 0.00264. The Kier molecular flexibility index (Phi) is 24.5. The lowest BCUT2D eigenvalue weighted by Crippen LogP contribution is -2.30. The van der Waals surface area contributed by atoms with Gasteiger partial charge >= 0.3 is 0 Å². The number of hydrogen-bond donors (Lipinski definition) is 10. The molecule has 4 heterocycles. The van der Waals surface area contributed by atoms with Gasteiger partial charge in [-0.05, 0) is 165 Å². The van der Waals surface area contributed by atoms with Crippen molar-refractivity contribution >= 4 is 158 Å². The molecule has 0 spiro atoms. The smallest absolute Gasteiger partial charge is 0.294 e. The number of nitrogens with one attached hydrogen (secondary N) is 8. The number of aliphatic imine (C=N–C) groups is 1. The van der Waals surface area contributed by atoms with Crippen LogP contribution in [0.5, 0.6) is 0 Å². The number of aromatic nitrogens is 2. The topological polar surface area (TPSA) is 370 Å². The Hall–Kier alpha value is -9.18. The first-order valence-corrected chi connectivity index (χ1v) is 34.9. The predicted molar refractivity (Wildman–Crippen MR) is 372 cm³/mol. The highest BCUT2D eigenvalue weighted by molar-refractivity contribution is 7.86. The van der Waals surface area contributed by atoms with Crippen molar-refractivity contribution in [2.45, 2.75) is 89.9 Å². The number of nitrogens with zero attached hydrogens (tertiary/aromatic N) is 9. The summed E-state index contributed by atoms with van der Waals surface area (Å²) >= 11 is 2.29. The molecular formula is C62H77N17O11S4. The number of piperidine rings is 2. The van der Waals surface area contributed by atoms with E-state index in [0.29, 0.717) is 108 Å². The molecule has 0 radical (unpaired) electrons. The van der Waals surface area contributed by atoms with Crippen LogP contribution >= 0.6 is 22.7 Å². The minimum absolute atomic E-state index is 0.0440. The number of carbonyl (C=O) groups excluding carboxylic acids is 4. The number of benzene rings is 4. The SMILES string of the molecule is CCOCN(CC)c1ccc(NNc2nc(N3CCCCC3)c(/C=C(\C(C)=O)C(=O)Nc3cccc(S(=O)(=O)O)c3)s2)c(NC(=N)N=C(NC)Nc2cc(N(CC)CC)ccc2N=Nc2nc(N3CCCCC3)c(/C=C(/C(C)=O)C(=O)Nc3cccc(S(=O)(=O)O)c3)s2)c1. The molecule has 4 aromatic carbocycles. The predicted octanol–water partition coefficient (Wildman–Crippen LogP) is 10.9. The molecule has 28 nitrogen and oxygen atoms in total. The summed E-state index contributed by atoms with van der Waals surface area (Å²) < 4.78 is 72.5. The average molecular weight is 1360 g/mol. The van der Waals surface area contributed by atoms with Crippen molar-refractivity contribution in [2.75, 3.05) is 118 Å². The summed E-state index contributed by atoms with van der Waals surface area (Å²) in [5.74, 6) is -1.83. The number of azo groups is 1. The third-order valence-electron chi connectivity index (χ3n) is 15.0. The molecule has 0 aliphatic carbocycles. The Balaban J connectivity index is 1.09. The number of guanidine groups is 2. The number of ketones is 2. The molecule has 0 atom stereocenters. The third-order valence-corrected chi connectivity index (χ3v) is 18.5. The number of hydrogen-bond acceptors (Lipinski definition) is 22. The largest absolute Gasteiger partial charge is 0.372 e. The lowest BCUT2D eigenvalue weighted by molar-refractivity contribution is -0.120. The van der Waals surface area contributed by atoms with E-state index in [-0.39, 0.29) is 39.6 Å². The number of rotatable bonds is 27. The van der Waals surface area contributed by atoms with Crippen molar-refractivity contribution in [1.82, 2.24) is 15.3 Å². The number of amides is 2. The number of ether oxygens (including phenoxy) is 1. The Morgan fingerprint density at radius 1 is 0.628 bits per heavy atom. The molecule has 2 fully saturated rings. The summed E-state index contributed by atoms with van der Waals surface area (Å²) in [7, 11) is -7.51. The minimum Gasteiger partial charge on any atom is -0.372 e. The van der Waals surface area contributed by atoms with Crippen molar-refractivity contribution in [3.8, 4) is 0 Å². The van der Waals surface area contributed by atoms with Gasteiger partial charge in [0.15, 0.2) is 11.6 Å². The molecule has 0 unspecified atom stereocenters. The zero-order chi connectivity index (χ0) is 67.7. The fourth-order valence-electron chi connectivity index (χ4n) is 10.1. The van der Waals surface area contributed by atoms with Gasteiger partial charge in [0.05, 0.1) is 47.8 Å². The maximum atomic E-state index is 13.7. The minimum atomic E-state index is -4.58. The van der Waals surface area contributed by atoms with Crippen LogP contribution in [0.25, 0.3) is 12.2 Å². The molecule has 2 aliphatic heterocycles. The lowest BCUT2D eigenvalue weighted by atomic mass is 10.1. The standard InChI is InChI=1S/C62H77N17O11S4/c1-8-76(9-2)43-24-26-50(73-75-62-70-56(79-30-16-13-17-31-79)54(92-62)37-48(40(6)81)58(83)66-42-21-19-23-46(33-42)94(87,88)89)52(34-43)68-60(64-7)71-59(63)67-51-35-44(77(10-3)38-90-11-4)25-27-49(51)72-74-61-69-55(78-28-14-12-15-29-78)53(91-61)36-47(39(5)80)57(82)65-41-20-18-22-45(32-41)93(84,85)86/h18-27,32-37,72H,8-17,28-31,38H2,1-7H3,(H,65,82)(H,66,83)(H,69,74)(H,84,85,86)(H,87,88,89)(H4,63,64,67,68,71)/b47-36+,48-37-,75-73?. The molecule has 6 aromatic rings. The molecule has 2 aromatic heterocycles. The van der Waals surface area contributed by atoms with E-state index in [1.807, 2.05) is 62.9 Å². The number of thiazole rings is 2. The molecule has 32 heteroatoms. The number of Topliss-reactive ketones (excluding diaryl/α,β-unsaturated/α-hetero) is 2. The van der Waals surface area contributed by atoms with Gasteiger partial charge in [0.1, 0.15) is 24.1 Å². The fraction of sp³-hybridized carbons (Fsp3) is 0.355. The molecule has 94 heavy (non-hydrogen) atoms. The van der Waals surface area contributed by atoms with Crippen LogP contribution in [0, 0.1) is 5.41 Å². The van der Waals surface area contributed by atoms with Crippen molar-refractivity contribution in [2.24, 2.45) is 15.2 Å². The van der Waals surface area contributed by atoms with E-state index >= 15 is 0 Å². The summed E-state index contributed by atoms with van der Waals surface area (Å²) in [6.07, 6.45) is 8.52. The Bertz CT molecular complexity index is 4120. The van der Waals surface area contributed by atoms with Crippen LogP contribution in [-0.4, -0.2) is 137 Å². The first-order valence-electron chi connectivity index (χ1n) is 30.4. The van der Waals surface area contributed by atoms with E-state index in [2.05, 4.69) is 67.4 Å². The van der Waals surface area contributed by atoms with Crippen LogP contribution in [0.1, 0.15) is 89.8 Å². The van der Waals surface area contributed by atoms with E-state index in [1.165, 1.54) is 73.7 Å². The van der Waals surface area contributed by atoms with Gasteiger partial charge in [0, 0.05) is 82.2 Å². The molecule has 0 bridgehead atoms. The molecule has 8 rings (SSSR count). The second-order valence-corrected chi connectivity index (χ2v) is 26.4. The summed E-state index contributed by atoms with van der Waals surface area (Å²) in [5.41, 5.74) is 9.43. The van der Waals surface area contributed by atoms with Crippen molar-refractivity contribution in [3.05, 3.63) is 106 Å². The van der Waals surface area contributed by atoms with Gasteiger partial charge in [-0.3, -0.25) is 44.5 Å². The van der Waals surface area contributed by atoms with Crippen molar-refractivity contribution in [1.29, 1.82) is 5.41 Å². The first-order chi connectivity index (χ1) is 45.0. The van der Waals surface area contributed by atoms with Crippen LogP contribution in [0.15, 0.2) is 121 Å². The monoisotopic (exact) mass is 1360 g/mol. The number of carbonyl (C=O) groups is 4. The molecule has 2 aliphatic rings. The van der Waals surface area contributed by atoms with Gasteiger partial charge in [-0.2, -0.15) is 26.8 Å². The summed E-state index contributed by atoms with van der Waals surface area (Å²) in [6, 6.07) is 21.2.